The van der Waals surface area contributed by atoms with Gasteiger partial charge in [0.05, 0.1) is 17.7 Å². The van der Waals surface area contributed by atoms with Crippen LogP contribution in [0.1, 0.15) is 20.7 Å². The van der Waals surface area contributed by atoms with Crippen LogP contribution < -0.4 is 0 Å². The van der Waals surface area contributed by atoms with Gasteiger partial charge in [0, 0.05) is 0 Å². The van der Waals surface area contributed by atoms with Crippen molar-refractivity contribution in [1.82, 2.24) is 4.90 Å². The number of hydrogen-bond acceptors (Lipinski definition) is 6. The second-order valence-corrected chi connectivity index (χ2v) is 3.52. The Morgan fingerprint density at radius 2 is 2.06 bits per heavy atom. The number of hydrogen-bond donors (Lipinski definition) is 1. The largest absolute Gasteiger partial charge is 0.507 e. The van der Waals surface area contributed by atoms with Crippen molar-refractivity contribution in [3.05, 3.63) is 39.4 Å². The summed E-state index contributed by atoms with van der Waals surface area (Å²) in [5.41, 5.74) is 0.00436. The molecule has 1 aliphatic rings. The van der Waals surface area contributed by atoms with E-state index in [1.165, 1.54) is 18.2 Å². The third-order valence-electron chi connectivity index (χ3n) is 2.49. The number of carbonyl (C=O) groups excluding carboxylic acids is 2. The second-order valence-electron chi connectivity index (χ2n) is 3.52. The summed E-state index contributed by atoms with van der Waals surface area (Å²) < 4.78 is 0. The highest BCUT2D eigenvalue weighted by atomic mass is 16.9. The molecule has 1 aliphatic heterocycles. The third-order valence-corrected chi connectivity index (χ3v) is 2.49. The predicted octanol–water partition coefficient (Wildman–Crippen LogP) is 0.196. The molecule has 0 atom stereocenters. The van der Waals surface area contributed by atoms with Crippen molar-refractivity contribution in [2.75, 3.05) is 13.2 Å². The maximum absolute atomic E-state index is 11.8. The van der Waals surface area contributed by atoms with Crippen LogP contribution in [0.4, 0.5) is 0 Å². The van der Waals surface area contributed by atoms with Crippen molar-refractivity contribution in [1.29, 1.82) is 0 Å². The highest BCUT2D eigenvalue weighted by Gasteiger charge is 2.37. The molecule has 0 saturated carbocycles. The number of imide groups is 1. The van der Waals surface area contributed by atoms with Gasteiger partial charge in [-0.2, -0.15) is 0 Å². The fourth-order valence-corrected chi connectivity index (χ4v) is 1.73. The number of carbonyl (C=O) groups is 2. The van der Waals surface area contributed by atoms with Crippen LogP contribution in [-0.4, -0.2) is 40.1 Å². The second kappa shape index (κ2) is 4.32. The van der Waals surface area contributed by atoms with E-state index in [4.69, 9.17) is 0 Å². The first-order chi connectivity index (χ1) is 8.52. The molecule has 8 heteroatoms. The monoisotopic (exact) mass is 252 g/mol. The van der Waals surface area contributed by atoms with Crippen molar-refractivity contribution in [3.63, 3.8) is 0 Å². The molecule has 0 unspecified atom stereocenters. The molecule has 0 bridgehead atoms. The quantitative estimate of drug-likeness (QED) is 0.465. The molecule has 1 heterocycles. The highest BCUT2D eigenvalue weighted by Crippen LogP contribution is 2.29. The zero-order valence-corrected chi connectivity index (χ0v) is 9.03. The van der Waals surface area contributed by atoms with Gasteiger partial charge in [0.25, 0.3) is 16.9 Å². The molecule has 2 rings (SSSR count). The molecule has 1 aromatic carbocycles. The lowest BCUT2D eigenvalue weighted by Crippen LogP contribution is -2.33. The van der Waals surface area contributed by atoms with Crippen molar-refractivity contribution >= 4 is 11.8 Å². The van der Waals surface area contributed by atoms with Gasteiger partial charge in [-0.15, -0.1) is 10.1 Å². The van der Waals surface area contributed by atoms with Gasteiger partial charge in [-0.3, -0.25) is 14.5 Å². The van der Waals surface area contributed by atoms with E-state index in [1.807, 2.05) is 0 Å². The fourth-order valence-electron chi connectivity index (χ4n) is 1.73. The van der Waals surface area contributed by atoms with E-state index in [0.717, 1.165) is 4.90 Å². The summed E-state index contributed by atoms with van der Waals surface area (Å²) in [5, 5.41) is 18.5. The molecular weight excluding hydrogens is 244 g/mol. The van der Waals surface area contributed by atoms with E-state index in [1.54, 1.807) is 0 Å². The van der Waals surface area contributed by atoms with Crippen LogP contribution in [0.15, 0.2) is 18.2 Å². The van der Waals surface area contributed by atoms with Crippen LogP contribution in [0.2, 0.25) is 0 Å². The van der Waals surface area contributed by atoms with E-state index in [2.05, 4.69) is 4.84 Å². The van der Waals surface area contributed by atoms with Crippen LogP contribution in [-0.2, 0) is 4.84 Å². The zero-order valence-electron chi connectivity index (χ0n) is 9.03. The number of phenolic OH excluding ortho intramolecular Hbond substituents is 1. The number of amides is 2. The summed E-state index contributed by atoms with van der Waals surface area (Å²) in [5.74, 6) is -1.57. The number of benzene rings is 1. The summed E-state index contributed by atoms with van der Waals surface area (Å²) >= 11 is 0. The first-order valence-corrected chi connectivity index (χ1v) is 4.98. The molecule has 0 aliphatic carbocycles. The highest BCUT2D eigenvalue weighted by molar-refractivity contribution is 6.22. The Morgan fingerprint density at radius 1 is 1.33 bits per heavy atom. The molecule has 0 spiro atoms. The molecular formula is C10H8N2O6. The van der Waals surface area contributed by atoms with E-state index >= 15 is 0 Å². The molecule has 94 valence electrons. The van der Waals surface area contributed by atoms with E-state index < -0.39 is 23.5 Å². The summed E-state index contributed by atoms with van der Waals surface area (Å²) in [6, 6.07) is 4.14. The minimum absolute atomic E-state index is 0.0800. The predicted molar refractivity (Wildman–Crippen MR) is 56.4 cm³/mol. The molecule has 1 N–H and O–H groups in total. The summed E-state index contributed by atoms with van der Waals surface area (Å²) in [7, 11) is 0. The SMILES string of the molecule is O=C1c2cccc(O)c2C(=O)N1CCO[N+](=O)[O-]. The summed E-state index contributed by atoms with van der Waals surface area (Å²) in [4.78, 5) is 38.4. The van der Waals surface area contributed by atoms with Crippen LogP contribution in [0.5, 0.6) is 5.75 Å². The molecule has 1 aromatic rings. The summed E-state index contributed by atoms with van der Waals surface area (Å²) in [6.07, 6.45) is 0. The van der Waals surface area contributed by atoms with Gasteiger partial charge < -0.3 is 9.94 Å². The topological polar surface area (TPSA) is 110 Å². The maximum Gasteiger partial charge on any atom is 0.294 e. The van der Waals surface area contributed by atoms with Gasteiger partial charge in [-0.05, 0) is 12.1 Å². The zero-order chi connectivity index (χ0) is 13.3. The Hall–Kier alpha value is -2.64. The Labute approximate surface area is 100 Å². The number of aromatic hydroxyl groups is 1. The molecule has 0 aromatic heterocycles. The standard InChI is InChI=1S/C10H8N2O6/c13-7-3-1-2-6-8(7)10(15)11(9(6)14)4-5-18-12(16)17/h1-3,13H,4-5H2. The van der Waals surface area contributed by atoms with Crippen LogP contribution in [0, 0.1) is 10.1 Å². The Bertz CT molecular complexity index is 541. The molecule has 0 radical (unpaired) electrons. The molecule has 2 amide bonds. The molecule has 8 nitrogen and oxygen atoms in total. The maximum atomic E-state index is 11.8. The van der Waals surface area contributed by atoms with E-state index in [0.29, 0.717) is 0 Å². The van der Waals surface area contributed by atoms with E-state index in [-0.39, 0.29) is 23.4 Å². The minimum Gasteiger partial charge on any atom is -0.507 e. The van der Waals surface area contributed by atoms with Crippen LogP contribution >= 0.6 is 0 Å². The molecule has 0 fully saturated rings. The van der Waals surface area contributed by atoms with Crippen molar-refractivity contribution < 1.29 is 24.6 Å². The Balaban J connectivity index is 2.18. The summed E-state index contributed by atoms with van der Waals surface area (Å²) in [6.45, 7) is -0.647. The van der Waals surface area contributed by atoms with Gasteiger partial charge in [-0.1, -0.05) is 6.07 Å². The fraction of sp³-hybridized carbons (Fsp3) is 0.200. The van der Waals surface area contributed by atoms with Gasteiger partial charge in [0.15, 0.2) is 0 Å². The molecule has 18 heavy (non-hydrogen) atoms. The third kappa shape index (κ3) is 1.83. The van der Waals surface area contributed by atoms with Gasteiger partial charge in [0.2, 0.25) is 0 Å². The van der Waals surface area contributed by atoms with E-state index in [9.17, 15) is 24.8 Å². The van der Waals surface area contributed by atoms with Crippen LogP contribution in [0.25, 0.3) is 0 Å². The average Bonchev–Trinajstić information content (AvgIpc) is 2.55. The number of nitrogens with zero attached hydrogens (tertiary/aromatic N) is 2. The number of rotatable bonds is 4. The lowest BCUT2D eigenvalue weighted by Gasteiger charge is -2.12. The Kier molecular flexibility index (Phi) is 2.84. The number of phenols is 1. The van der Waals surface area contributed by atoms with Crippen molar-refractivity contribution in [2.24, 2.45) is 0 Å². The lowest BCUT2D eigenvalue weighted by atomic mass is 10.1. The van der Waals surface area contributed by atoms with Crippen molar-refractivity contribution in [3.8, 4) is 5.75 Å². The van der Waals surface area contributed by atoms with Gasteiger partial charge in [-0.25, -0.2) is 0 Å². The lowest BCUT2D eigenvalue weighted by molar-refractivity contribution is -0.757. The normalized spacial score (nSPS) is 13.7. The minimum atomic E-state index is -1.00. The smallest absolute Gasteiger partial charge is 0.294 e. The van der Waals surface area contributed by atoms with Gasteiger partial charge in [0.1, 0.15) is 12.4 Å². The first kappa shape index (κ1) is 11.8. The Morgan fingerprint density at radius 3 is 2.67 bits per heavy atom. The first-order valence-electron chi connectivity index (χ1n) is 4.98. The van der Waals surface area contributed by atoms with Crippen LogP contribution in [0.3, 0.4) is 0 Å². The molecule has 0 saturated heterocycles. The number of fused-ring (bicyclic) bond motifs is 1. The van der Waals surface area contributed by atoms with Crippen molar-refractivity contribution in [2.45, 2.75) is 0 Å². The van der Waals surface area contributed by atoms with Gasteiger partial charge >= 0.3 is 0 Å². The average molecular weight is 252 g/mol.